The number of carbonyl (C=O) groups excluding carboxylic acids is 1. The van der Waals surface area contributed by atoms with Gasteiger partial charge in [0.2, 0.25) is 0 Å². The minimum atomic E-state index is -0.336. The Labute approximate surface area is 135 Å². The molecule has 2 aromatic rings. The molecule has 4 heteroatoms. The van der Waals surface area contributed by atoms with Crippen LogP contribution in [0.1, 0.15) is 48.9 Å². The number of benzene rings is 1. The second-order valence-electron chi connectivity index (χ2n) is 6.12. The van der Waals surface area contributed by atoms with Crippen LogP contribution in [0, 0.1) is 0 Å². The van der Waals surface area contributed by atoms with Gasteiger partial charge in [-0.1, -0.05) is 56.0 Å². The molecule has 1 fully saturated rings. The van der Waals surface area contributed by atoms with E-state index in [4.69, 9.17) is 0 Å². The van der Waals surface area contributed by atoms with Crippen LogP contribution < -0.4 is 10.9 Å². The van der Waals surface area contributed by atoms with Gasteiger partial charge in [0.1, 0.15) is 5.56 Å². The molecule has 1 amide bonds. The lowest BCUT2D eigenvalue weighted by Gasteiger charge is -2.17. The Morgan fingerprint density at radius 2 is 1.70 bits per heavy atom. The van der Waals surface area contributed by atoms with Crippen LogP contribution in [0.3, 0.4) is 0 Å². The molecule has 1 aliphatic rings. The highest BCUT2D eigenvalue weighted by atomic mass is 16.2. The van der Waals surface area contributed by atoms with Gasteiger partial charge in [-0.3, -0.25) is 9.59 Å². The van der Waals surface area contributed by atoms with E-state index in [9.17, 15) is 9.59 Å². The molecule has 1 heterocycles. The first-order valence-corrected chi connectivity index (χ1v) is 8.33. The molecule has 2 N–H and O–H groups in total. The van der Waals surface area contributed by atoms with Gasteiger partial charge in [0, 0.05) is 17.8 Å². The van der Waals surface area contributed by atoms with Crippen LogP contribution in [-0.2, 0) is 0 Å². The predicted molar refractivity (Wildman–Crippen MR) is 91.5 cm³/mol. The van der Waals surface area contributed by atoms with Crippen molar-refractivity contribution >= 4 is 5.91 Å². The van der Waals surface area contributed by atoms with Crippen LogP contribution in [0.15, 0.2) is 47.4 Å². The molecule has 0 spiro atoms. The van der Waals surface area contributed by atoms with E-state index in [0.717, 1.165) is 31.2 Å². The lowest BCUT2D eigenvalue weighted by Crippen LogP contribution is -2.37. The molecule has 120 valence electrons. The van der Waals surface area contributed by atoms with Gasteiger partial charge in [-0.05, 0) is 24.5 Å². The average Bonchev–Trinajstić information content (AvgIpc) is 2.84. The Bertz CT molecular complexity index is 714. The van der Waals surface area contributed by atoms with Crippen molar-refractivity contribution in [3.05, 3.63) is 58.5 Å². The zero-order valence-corrected chi connectivity index (χ0v) is 13.2. The number of hydrogen-bond donors (Lipinski definition) is 2. The van der Waals surface area contributed by atoms with Gasteiger partial charge in [-0.2, -0.15) is 0 Å². The van der Waals surface area contributed by atoms with E-state index >= 15 is 0 Å². The first-order valence-electron chi connectivity index (χ1n) is 8.33. The van der Waals surface area contributed by atoms with E-state index < -0.39 is 0 Å². The highest BCUT2D eigenvalue weighted by Crippen LogP contribution is 2.22. The summed E-state index contributed by atoms with van der Waals surface area (Å²) in [5.74, 6) is -0.266. The summed E-state index contributed by atoms with van der Waals surface area (Å²) >= 11 is 0. The third kappa shape index (κ3) is 3.70. The van der Waals surface area contributed by atoms with E-state index in [1.165, 1.54) is 12.8 Å². The number of pyridine rings is 1. The Morgan fingerprint density at radius 3 is 2.39 bits per heavy atom. The van der Waals surface area contributed by atoms with Gasteiger partial charge < -0.3 is 10.3 Å². The molecule has 1 saturated carbocycles. The van der Waals surface area contributed by atoms with Crippen LogP contribution in [0.2, 0.25) is 0 Å². The van der Waals surface area contributed by atoms with Gasteiger partial charge in [0.05, 0.1) is 0 Å². The molecule has 0 radical (unpaired) electrons. The molecule has 0 atom stereocenters. The Kier molecular flexibility index (Phi) is 4.91. The van der Waals surface area contributed by atoms with Crippen molar-refractivity contribution in [1.82, 2.24) is 10.3 Å². The van der Waals surface area contributed by atoms with Crippen LogP contribution in [0.4, 0.5) is 0 Å². The fourth-order valence-corrected chi connectivity index (χ4v) is 3.24. The second kappa shape index (κ2) is 7.27. The van der Waals surface area contributed by atoms with Crippen molar-refractivity contribution in [1.29, 1.82) is 0 Å². The molecule has 0 aliphatic heterocycles. The van der Waals surface area contributed by atoms with Gasteiger partial charge in [0.15, 0.2) is 0 Å². The summed E-state index contributed by atoms with van der Waals surface area (Å²) in [5, 5.41) is 3.07. The number of rotatable bonds is 3. The maximum absolute atomic E-state index is 12.7. The van der Waals surface area contributed by atoms with E-state index in [1.807, 2.05) is 30.3 Å². The summed E-state index contributed by atoms with van der Waals surface area (Å²) in [6, 6.07) is 11.5. The smallest absolute Gasteiger partial charge is 0.261 e. The van der Waals surface area contributed by atoms with E-state index in [2.05, 4.69) is 10.3 Å². The van der Waals surface area contributed by atoms with Crippen molar-refractivity contribution in [3.8, 4) is 11.1 Å². The SMILES string of the molecule is O=C(NC1CCCCCC1)c1c(-c2ccccc2)cc[nH]c1=O. The number of aromatic amines is 1. The number of aromatic nitrogens is 1. The molecular weight excluding hydrogens is 288 g/mol. The molecule has 0 saturated heterocycles. The van der Waals surface area contributed by atoms with Crippen molar-refractivity contribution in [2.45, 2.75) is 44.6 Å². The van der Waals surface area contributed by atoms with E-state index in [1.54, 1.807) is 12.3 Å². The van der Waals surface area contributed by atoms with Gasteiger partial charge in [-0.15, -0.1) is 0 Å². The zero-order chi connectivity index (χ0) is 16.1. The average molecular weight is 310 g/mol. The lowest BCUT2D eigenvalue weighted by molar-refractivity contribution is 0.0932. The topological polar surface area (TPSA) is 62.0 Å². The molecule has 3 rings (SSSR count). The predicted octanol–water partition coefficient (Wildman–Crippen LogP) is 3.49. The maximum atomic E-state index is 12.7. The summed E-state index contributed by atoms with van der Waals surface area (Å²) in [5.41, 5.74) is 1.44. The van der Waals surface area contributed by atoms with Gasteiger partial charge >= 0.3 is 0 Å². The summed E-state index contributed by atoms with van der Waals surface area (Å²) in [7, 11) is 0. The molecule has 1 aliphatic carbocycles. The van der Waals surface area contributed by atoms with Crippen molar-refractivity contribution in [3.63, 3.8) is 0 Å². The number of nitrogens with one attached hydrogen (secondary N) is 2. The van der Waals surface area contributed by atoms with Crippen molar-refractivity contribution in [2.75, 3.05) is 0 Å². The van der Waals surface area contributed by atoms with Crippen molar-refractivity contribution < 1.29 is 4.79 Å². The van der Waals surface area contributed by atoms with Crippen LogP contribution in [0.25, 0.3) is 11.1 Å². The first-order chi connectivity index (χ1) is 11.3. The third-order valence-corrected chi connectivity index (χ3v) is 4.46. The molecule has 0 unspecified atom stereocenters. The fourth-order valence-electron chi connectivity index (χ4n) is 3.24. The highest BCUT2D eigenvalue weighted by molar-refractivity contribution is 6.00. The minimum absolute atomic E-state index is 0.174. The standard InChI is InChI=1S/C19H22N2O2/c22-18-17(19(23)21-15-10-6-1-2-7-11-15)16(12-13-20-18)14-8-4-3-5-9-14/h3-5,8-9,12-13,15H,1-2,6-7,10-11H2,(H,20,22)(H,21,23). The van der Waals surface area contributed by atoms with Crippen molar-refractivity contribution in [2.24, 2.45) is 0 Å². The lowest BCUT2D eigenvalue weighted by atomic mass is 10.0. The third-order valence-electron chi connectivity index (χ3n) is 4.46. The van der Waals surface area contributed by atoms with Gasteiger partial charge in [-0.25, -0.2) is 0 Å². The summed E-state index contributed by atoms with van der Waals surface area (Å²) < 4.78 is 0. The molecular formula is C19H22N2O2. The normalized spacial score (nSPS) is 15.8. The van der Waals surface area contributed by atoms with Crippen LogP contribution in [0.5, 0.6) is 0 Å². The van der Waals surface area contributed by atoms with E-state index in [-0.39, 0.29) is 23.1 Å². The Morgan fingerprint density at radius 1 is 1.00 bits per heavy atom. The summed E-state index contributed by atoms with van der Waals surface area (Å²) in [4.78, 5) is 27.6. The number of hydrogen-bond acceptors (Lipinski definition) is 2. The quantitative estimate of drug-likeness (QED) is 0.852. The minimum Gasteiger partial charge on any atom is -0.349 e. The number of H-pyrrole nitrogens is 1. The number of amides is 1. The maximum Gasteiger partial charge on any atom is 0.261 e. The molecule has 1 aromatic carbocycles. The Hall–Kier alpha value is -2.36. The van der Waals surface area contributed by atoms with Crippen LogP contribution >= 0.6 is 0 Å². The highest BCUT2D eigenvalue weighted by Gasteiger charge is 2.21. The number of carbonyl (C=O) groups is 1. The monoisotopic (exact) mass is 310 g/mol. The molecule has 1 aromatic heterocycles. The molecule has 4 nitrogen and oxygen atoms in total. The fraction of sp³-hybridized carbons (Fsp3) is 0.368. The largest absolute Gasteiger partial charge is 0.349 e. The summed E-state index contributed by atoms with van der Waals surface area (Å²) in [6.45, 7) is 0. The molecule has 23 heavy (non-hydrogen) atoms. The van der Waals surface area contributed by atoms with Gasteiger partial charge in [0.25, 0.3) is 11.5 Å². The second-order valence-corrected chi connectivity index (χ2v) is 6.12. The first kappa shape index (κ1) is 15.5. The molecule has 0 bridgehead atoms. The Balaban J connectivity index is 1.89. The summed E-state index contributed by atoms with van der Waals surface area (Å²) in [6.07, 6.45) is 8.33. The van der Waals surface area contributed by atoms with Crippen LogP contribution in [-0.4, -0.2) is 16.9 Å². The zero-order valence-electron chi connectivity index (χ0n) is 13.2. The van der Waals surface area contributed by atoms with E-state index in [0.29, 0.717) is 5.56 Å².